The van der Waals surface area contributed by atoms with Crippen molar-refractivity contribution < 1.29 is 14.2 Å². The van der Waals surface area contributed by atoms with Gasteiger partial charge in [-0.2, -0.15) is 0 Å². The Balaban J connectivity index is 1.73. The highest BCUT2D eigenvalue weighted by Crippen LogP contribution is 2.17. The predicted molar refractivity (Wildman–Crippen MR) is 74.9 cm³/mol. The molecule has 2 atom stereocenters. The molecule has 0 bridgehead atoms. The second-order valence-electron chi connectivity index (χ2n) is 5.04. The summed E-state index contributed by atoms with van der Waals surface area (Å²) in [4.78, 5) is 2.39. The molecule has 0 saturated carbocycles. The Labute approximate surface area is 115 Å². The van der Waals surface area contributed by atoms with Crippen LogP contribution in [0.5, 0.6) is 11.5 Å². The minimum absolute atomic E-state index is 0.310. The van der Waals surface area contributed by atoms with E-state index in [1.165, 1.54) is 0 Å². The highest BCUT2D eigenvalue weighted by molar-refractivity contribution is 5.31. The Kier molecular flexibility index (Phi) is 5.05. The number of ether oxygens (including phenoxy) is 3. The zero-order valence-electron chi connectivity index (χ0n) is 12.0. The lowest BCUT2D eigenvalue weighted by atomic mass is 10.2. The molecular formula is C15H23NO3. The second kappa shape index (κ2) is 6.78. The highest BCUT2D eigenvalue weighted by atomic mass is 16.5. The van der Waals surface area contributed by atoms with Crippen LogP contribution < -0.4 is 9.47 Å². The van der Waals surface area contributed by atoms with Crippen molar-refractivity contribution in [1.29, 1.82) is 0 Å². The monoisotopic (exact) mass is 265 g/mol. The smallest absolute Gasteiger partial charge is 0.119 e. The average molecular weight is 265 g/mol. The minimum Gasteiger partial charge on any atom is -0.497 e. The summed E-state index contributed by atoms with van der Waals surface area (Å²) >= 11 is 0. The van der Waals surface area contributed by atoms with Gasteiger partial charge in [-0.1, -0.05) is 0 Å². The van der Waals surface area contributed by atoms with Gasteiger partial charge in [0.2, 0.25) is 0 Å². The van der Waals surface area contributed by atoms with Gasteiger partial charge in [0, 0.05) is 19.6 Å². The largest absolute Gasteiger partial charge is 0.497 e. The second-order valence-corrected chi connectivity index (χ2v) is 5.04. The Morgan fingerprint density at radius 2 is 1.68 bits per heavy atom. The van der Waals surface area contributed by atoms with E-state index in [1.54, 1.807) is 7.11 Å². The summed E-state index contributed by atoms with van der Waals surface area (Å²) in [5.41, 5.74) is 0. The van der Waals surface area contributed by atoms with Crippen LogP contribution in [0.15, 0.2) is 24.3 Å². The molecule has 106 valence electrons. The molecule has 0 spiro atoms. The van der Waals surface area contributed by atoms with Crippen molar-refractivity contribution in [2.75, 3.05) is 33.4 Å². The van der Waals surface area contributed by atoms with Crippen molar-refractivity contribution in [1.82, 2.24) is 4.90 Å². The van der Waals surface area contributed by atoms with Crippen LogP contribution >= 0.6 is 0 Å². The van der Waals surface area contributed by atoms with Crippen LogP contribution in [-0.4, -0.2) is 50.5 Å². The molecule has 0 amide bonds. The number of methoxy groups -OCH3 is 1. The van der Waals surface area contributed by atoms with E-state index >= 15 is 0 Å². The maximum atomic E-state index is 5.74. The molecule has 1 fully saturated rings. The van der Waals surface area contributed by atoms with Gasteiger partial charge in [0.1, 0.15) is 18.1 Å². The van der Waals surface area contributed by atoms with Gasteiger partial charge < -0.3 is 14.2 Å². The van der Waals surface area contributed by atoms with E-state index in [2.05, 4.69) is 18.7 Å². The summed E-state index contributed by atoms with van der Waals surface area (Å²) in [6.07, 6.45) is 0.620. The summed E-state index contributed by atoms with van der Waals surface area (Å²) in [7, 11) is 1.66. The highest BCUT2D eigenvalue weighted by Gasteiger charge is 2.21. The van der Waals surface area contributed by atoms with E-state index in [-0.39, 0.29) is 0 Å². The number of hydrogen-bond donors (Lipinski definition) is 0. The van der Waals surface area contributed by atoms with Crippen molar-refractivity contribution in [3.63, 3.8) is 0 Å². The summed E-state index contributed by atoms with van der Waals surface area (Å²) in [6, 6.07) is 7.69. The van der Waals surface area contributed by atoms with Crippen LogP contribution in [-0.2, 0) is 4.74 Å². The van der Waals surface area contributed by atoms with Gasteiger partial charge in [0.15, 0.2) is 0 Å². The van der Waals surface area contributed by atoms with E-state index in [4.69, 9.17) is 14.2 Å². The fourth-order valence-electron chi connectivity index (χ4n) is 2.43. The van der Waals surface area contributed by atoms with Gasteiger partial charge >= 0.3 is 0 Å². The van der Waals surface area contributed by atoms with E-state index in [9.17, 15) is 0 Å². The first-order chi connectivity index (χ1) is 9.17. The number of nitrogens with zero attached hydrogens (tertiary/aromatic N) is 1. The lowest BCUT2D eigenvalue weighted by molar-refractivity contribution is -0.0699. The molecule has 2 rings (SSSR count). The van der Waals surface area contributed by atoms with Crippen LogP contribution in [0.2, 0.25) is 0 Å². The topological polar surface area (TPSA) is 30.9 Å². The van der Waals surface area contributed by atoms with Gasteiger partial charge in [-0.25, -0.2) is 0 Å². The van der Waals surface area contributed by atoms with Gasteiger partial charge in [0.25, 0.3) is 0 Å². The molecule has 0 aromatic heterocycles. The number of hydrogen-bond acceptors (Lipinski definition) is 4. The van der Waals surface area contributed by atoms with Crippen LogP contribution in [0.4, 0.5) is 0 Å². The SMILES string of the molecule is COc1ccc(OCCN2C[C@@H](C)O[C@H](C)C2)cc1. The molecule has 19 heavy (non-hydrogen) atoms. The Morgan fingerprint density at radius 1 is 1.11 bits per heavy atom. The Morgan fingerprint density at radius 3 is 2.26 bits per heavy atom. The lowest BCUT2D eigenvalue weighted by Gasteiger charge is -2.35. The first-order valence-electron chi connectivity index (χ1n) is 6.82. The first kappa shape index (κ1) is 14.2. The number of morpholine rings is 1. The summed E-state index contributed by atoms with van der Waals surface area (Å²) in [6.45, 7) is 7.84. The molecule has 4 heteroatoms. The molecule has 0 unspecified atom stereocenters. The maximum absolute atomic E-state index is 5.74. The third kappa shape index (κ3) is 4.40. The van der Waals surface area contributed by atoms with Gasteiger partial charge in [-0.3, -0.25) is 4.90 Å². The lowest BCUT2D eigenvalue weighted by Crippen LogP contribution is -2.46. The third-order valence-corrected chi connectivity index (χ3v) is 3.23. The molecule has 1 aromatic rings. The molecular weight excluding hydrogens is 242 g/mol. The zero-order chi connectivity index (χ0) is 13.7. The van der Waals surface area contributed by atoms with Crippen molar-refractivity contribution in [2.24, 2.45) is 0 Å². The standard InChI is InChI=1S/C15H23NO3/c1-12-10-16(11-13(2)19-12)8-9-18-15-6-4-14(17-3)5-7-15/h4-7,12-13H,8-11H2,1-3H3/t12-,13-/m1/s1. The van der Waals surface area contributed by atoms with E-state index in [0.717, 1.165) is 31.1 Å². The number of benzene rings is 1. The predicted octanol–water partition coefficient (Wildman–Crippen LogP) is 2.18. The zero-order valence-corrected chi connectivity index (χ0v) is 12.0. The minimum atomic E-state index is 0.310. The fourth-order valence-corrected chi connectivity index (χ4v) is 2.43. The van der Waals surface area contributed by atoms with E-state index in [0.29, 0.717) is 18.8 Å². The Hall–Kier alpha value is -1.26. The molecule has 4 nitrogen and oxygen atoms in total. The van der Waals surface area contributed by atoms with Crippen LogP contribution in [0.25, 0.3) is 0 Å². The van der Waals surface area contributed by atoms with Crippen LogP contribution in [0.3, 0.4) is 0 Å². The van der Waals surface area contributed by atoms with Crippen molar-refractivity contribution in [3.05, 3.63) is 24.3 Å². The van der Waals surface area contributed by atoms with Crippen molar-refractivity contribution >= 4 is 0 Å². The van der Waals surface area contributed by atoms with Gasteiger partial charge in [-0.15, -0.1) is 0 Å². The summed E-state index contributed by atoms with van der Waals surface area (Å²) in [5, 5.41) is 0. The fraction of sp³-hybridized carbons (Fsp3) is 0.600. The molecule has 1 aliphatic rings. The van der Waals surface area contributed by atoms with Gasteiger partial charge in [0.05, 0.1) is 19.3 Å². The van der Waals surface area contributed by atoms with E-state index in [1.807, 2.05) is 24.3 Å². The molecule has 1 aliphatic heterocycles. The summed E-state index contributed by atoms with van der Waals surface area (Å²) in [5.74, 6) is 1.73. The quantitative estimate of drug-likeness (QED) is 0.816. The first-order valence-corrected chi connectivity index (χ1v) is 6.82. The van der Waals surface area contributed by atoms with Crippen molar-refractivity contribution in [2.45, 2.75) is 26.1 Å². The maximum Gasteiger partial charge on any atom is 0.119 e. The third-order valence-electron chi connectivity index (χ3n) is 3.23. The molecule has 1 aromatic carbocycles. The molecule has 0 radical (unpaired) electrons. The normalized spacial score (nSPS) is 24.2. The van der Waals surface area contributed by atoms with Crippen LogP contribution in [0, 0.1) is 0 Å². The van der Waals surface area contributed by atoms with Crippen LogP contribution in [0.1, 0.15) is 13.8 Å². The molecule has 0 aliphatic carbocycles. The van der Waals surface area contributed by atoms with E-state index < -0.39 is 0 Å². The average Bonchev–Trinajstić information content (AvgIpc) is 2.38. The molecule has 1 saturated heterocycles. The van der Waals surface area contributed by atoms with Gasteiger partial charge in [-0.05, 0) is 38.1 Å². The number of rotatable bonds is 5. The molecule has 1 heterocycles. The Bertz CT molecular complexity index is 369. The summed E-state index contributed by atoms with van der Waals surface area (Å²) < 4.78 is 16.6. The molecule has 0 N–H and O–H groups in total. The van der Waals surface area contributed by atoms with Crippen molar-refractivity contribution in [3.8, 4) is 11.5 Å².